The Balaban J connectivity index is 2.07. The first-order chi connectivity index (χ1) is 8.05. The fourth-order valence-corrected chi connectivity index (χ4v) is 2.30. The normalized spacial score (nSPS) is 16.9. The molecule has 1 saturated carbocycles. The van der Waals surface area contributed by atoms with E-state index in [1.54, 1.807) is 6.20 Å². The third kappa shape index (κ3) is 2.57. The first-order valence-electron chi connectivity index (χ1n) is 6.04. The van der Waals surface area contributed by atoms with Gasteiger partial charge in [-0.2, -0.15) is 0 Å². The van der Waals surface area contributed by atoms with Crippen LogP contribution in [0.2, 0.25) is 0 Å². The SMILES string of the molecule is CC(C)C1(CNc2cccnc2C(N)=S)CC1. The van der Waals surface area contributed by atoms with Gasteiger partial charge in [-0.25, -0.2) is 0 Å². The zero-order chi connectivity index (χ0) is 12.5. The van der Waals surface area contributed by atoms with Gasteiger partial charge in [0, 0.05) is 12.7 Å². The predicted molar refractivity (Wildman–Crippen MR) is 75.1 cm³/mol. The van der Waals surface area contributed by atoms with E-state index in [0.717, 1.165) is 12.2 Å². The van der Waals surface area contributed by atoms with Gasteiger partial charge in [0.15, 0.2) is 0 Å². The highest BCUT2D eigenvalue weighted by Gasteiger charge is 2.44. The first-order valence-corrected chi connectivity index (χ1v) is 6.45. The summed E-state index contributed by atoms with van der Waals surface area (Å²) in [7, 11) is 0. The molecule has 0 radical (unpaired) electrons. The molecule has 1 aliphatic carbocycles. The molecular weight excluding hydrogens is 230 g/mol. The zero-order valence-corrected chi connectivity index (χ0v) is 11.2. The Labute approximate surface area is 108 Å². The van der Waals surface area contributed by atoms with Crippen molar-refractivity contribution in [3.05, 3.63) is 24.0 Å². The number of nitrogens with two attached hydrogens (primary N) is 1. The van der Waals surface area contributed by atoms with Gasteiger partial charge in [0.25, 0.3) is 0 Å². The van der Waals surface area contributed by atoms with Crippen LogP contribution in [0.1, 0.15) is 32.4 Å². The molecule has 4 heteroatoms. The van der Waals surface area contributed by atoms with Crippen molar-refractivity contribution in [2.24, 2.45) is 17.1 Å². The number of pyridine rings is 1. The van der Waals surface area contributed by atoms with Gasteiger partial charge in [-0.3, -0.25) is 4.98 Å². The number of anilines is 1. The highest BCUT2D eigenvalue weighted by molar-refractivity contribution is 7.80. The molecule has 0 bridgehead atoms. The van der Waals surface area contributed by atoms with Gasteiger partial charge in [0.1, 0.15) is 10.7 Å². The lowest BCUT2D eigenvalue weighted by molar-refractivity contribution is 0.380. The van der Waals surface area contributed by atoms with E-state index in [9.17, 15) is 0 Å². The minimum absolute atomic E-state index is 0.350. The van der Waals surface area contributed by atoms with Crippen LogP contribution in [0.15, 0.2) is 18.3 Å². The van der Waals surface area contributed by atoms with E-state index < -0.39 is 0 Å². The number of thiocarbonyl (C=S) groups is 1. The van der Waals surface area contributed by atoms with Gasteiger partial charge in [-0.05, 0) is 36.3 Å². The lowest BCUT2D eigenvalue weighted by Gasteiger charge is -2.21. The van der Waals surface area contributed by atoms with Crippen LogP contribution in [0.5, 0.6) is 0 Å². The molecule has 0 aromatic carbocycles. The van der Waals surface area contributed by atoms with Gasteiger partial charge in [0.05, 0.1) is 5.69 Å². The van der Waals surface area contributed by atoms with Crippen molar-refractivity contribution in [3.8, 4) is 0 Å². The van der Waals surface area contributed by atoms with Gasteiger partial charge in [0.2, 0.25) is 0 Å². The summed E-state index contributed by atoms with van der Waals surface area (Å²) in [5, 5.41) is 3.45. The minimum atomic E-state index is 0.350. The highest BCUT2D eigenvalue weighted by Crippen LogP contribution is 2.51. The van der Waals surface area contributed by atoms with E-state index in [1.165, 1.54) is 12.8 Å². The number of hydrogen-bond donors (Lipinski definition) is 2. The zero-order valence-electron chi connectivity index (χ0n) is 10.4. The molecular formula is C13H19N3S. The third-order valence-corrected chi connectivity index (χ3v) is 3.98. The van der Waals surface area contributed by atoms with Crippen LogP contribution in [0.25, 0.3) is 0 Å². The Morgan fingerprint density at radius 2 is 2.29 bits per heavy atom. The molecule has 1 aliphatic rings. The second kappa shape index (κ2) is 4.61. The molecule has 3 nitrogen and oxygen atoms in total. The Kier molecular flexibility index (Phi) is 3.33. The summed E-state index contributed by atoms with van der Waals surface area (Å²) in [6, 6.07) is 3.89. The van der Waals surface area contributed by atoms with Crippen LogP contribution in [0.4, 0.5) is 5.69 Å². The molecule has 0 unspecified atom stereocenters. The molecule has 0 atom stereocenters. The topological polar surface area (TPSA) is 50.9 Å². The standard InChI is InChI=1S/C13H19N3S/c1-9(2)13(5-6-13)8-16-10-4-3-7-15-11(10)12(14)17/h3-4,7,9,16H,5-6,8H2,1-2H3,(H2,14,17). The highest BCUT2D eigenvalue weighted by atomic mass is 32.1. The van der Waals surface area contributed by atoms with Crippen LogP contribution >= 0.6 is 12.2 Å². The van der Waals surface area contributed by atoms with E-state index in [4.69, 9.17) is 18.0 Å². The molecule has 1 aromatic rings. The second-order valence-corrected chi connectivity index (χ2v) is 5.57. The number of hydrogen-bond acceptors (Lipinski definition) is 3. The van der Waals surface area contributed by atoms with Crippen LogP contribution in [0, 0.1) is 11.3 Å². The Hall–Kier alpha value is -1.16. The fraction of sp³-hybridized carbons (Fsp3) is 0.538. The molecule has 0 amide bonds. The van der Waals surface area contributed by atoms with Crippen molar-refractivity contribution in [2.45, 2.75) is 26.7 Å². The molecule has 0 spiro atoms. The maximum absolute atomic E-state index is 5.66. The largest absolute Gasteiger partial charge is 0.388 e. The molecule has 17 heavy (non-hydrogen) atoms. The minimum Gasteiger partial charge on any atom is -0.388 e. The molecule has 0 aliphatic heterocycles. The second-order valence-electron chi connectivity index (χ2n) is 5.13. The van der Waals surface area contributed by atoms with Crippen LogP contribution in [-0.4, -0.2) is 16.5 Å². The van der Waals surface area contributed by atoms with E-state index in [0.29, 0.717) is 22.0 Å². The molecule has 2 rings (SSSR count). The first kappa shape index (κ1) is 12.3. The molecule has 0 saturated heterocycles. The summed E-state index contributed by atoms with van der Waals surface area (Å²) in [5.41, 5.74) is 7.77. The lowest BCUT2D eigenvalue weighted by Crippen LogP contribution is -2.23. The summed E-state index contributed by atoms with van der Waals surface area (Å²) >= 11 is 5.00. The summed E-state index contributed by atoms with van der Waals surface area (Å²) in [6.07, 6.45) is 4.33. The van der Waals surface area contributed by atoms with E-state index in [2.05, 4.69) is 24.1 Å². The summed E-state index contributed by atoms with van der Waals surface area (Å²) in [6.45, 7) is 5.55. The van der Waals surface area contributed by atoms with E-state index in [-0.39, 0.29) is 0 Å². The monoisotopic (exact) mass is 249 g/mol. The molecule has 3 N–H and O–H groups in total. The van der Waals surface area contributed by atoms with Crippen molar-refractivity contribution in [3.63, 3.8) is 0 Å². The van der Waals surface area contributed by atoms with Crippen molar-refractivity contribution >= 4 is 22.9 Å². The van der Waals surface area contributed by atoms with Crippen molar-refractivity contribution < 1.29 is 0 Å². The van der Waals surface area contributed by atoms with Crippen molar-refractivity contribution in [1.82, 2.24) is 4.98 Å². The number of rotatable bonds is 5. The van der Waals surface area contributed by atoms with E-state index in [1.807, 2.05) is 12.1 Å². The molecule has 1 heterocycles. The van der Waals surface area contributed by atoms with Crippen molar-refractivity contribution in [2.75, 3.05) is 11.9 Å². The Bertz CT molecular complexity index is 424. The van der Waals surface area contributed by atoms with Gasteiger partial charge in [-0.15, -0.1) is 0 Å². The molecule has 1 fully saturated rings. The number of nitrogens with zero attached hydrogens (tertiary/aromatic N) is 1. The quantitative estimate of drug-likeness (QED) is 0.787. The summed E-state index contributed by atoms with van der Waals surface area (Å²) < 4.78 is 0. The van der Waals surface area contributed by atoms with Gasteiger partial charge in [-0.1, -0.05) is 26.1 Å². The average Bonchev–Trinajstić information content (AvgIpc) is 3.07. The Morgan fingerprint density at radius 3 is 2.82 bits per heavy atom. The fourth-order valence-electron chi connectivity index (χ4n) is 2.13. The van der Waals surface area contributed by atoms with Crippen LogP contribution < -0.4 is 11.1 Å². The summed E-state index contributed by atoms with van der Waals surface area (Å²) in [5.74, 6) is 0.708. The maximum atomic E-state index is 5.66. The maximum Gasteiger partial charge on any atom is 0.124 e. The van der Waals surface area contributed by atoms with Gasteiger partial charge >= 0.3 is 0 Å². The predicted octanol–water partition coefficient (Wildman–Crippen LogP) is 2.56. The summed E-state index contributed by atoms with van der Waals surface area (Å²) in [4.78, 5) is 4.56. The van der Waals surface area contributed by atoms with Gasteiger partial charge < -0.3 is 11.1 Å². The van der Waals surface area contributed by atoms with Crippen molar-refractivity contribution in [1.29, 1.82) is 0 Å². The smallest absolute Gasteiger partial charge is 0.124 e. The molecule has 1 aromatic heterocycles. The number of aromatic nitrogens is 1. The van der Waals surface area contributed by atoms with Crippen LogP contribution in [-0.2, 0) is 0 Å². The van der Waals surface area contributed by atoms with E-state index >= 15 is 0 Å². The lowest BCUT2D eigenvalue weighted by atomic mass is 9.92. The molecule has 92 valence electrons. The third-order valence-electron chi connectivity index (χ3n) is 3.79. The van der Waals surface area contributed by atoms with Crippen LogP contribution in [0.3, 0.4) is 0 Å². The Morgan fingerprint density at radius 1 is 1.59 bits per heavy atom. The number of nitrogens with one attached hydrogen (secondary N) is 1. The average molecular weight is 249 g/mol.